The molecule has 0 heterocycles. The molecule has 0 rings (SSSR count). The average Bonchev–Trinajstić information content (AvgIpc) is 1.84. The van der Waals surface area contributed by atoms with Gasteiger partial charge in [-0.15, -0.1) is 0 Å². The van der Waals surface area contributed by atoms with Crippen molar-refractivity contribution in [1.82, 2.24) is 14.0 Å². The van der Waals surface area contributed by atoms with Crippen molar-refractivity contribution >= 4 is 7.59 Å². The Morgan fingerprint density at radius 3 is 0.923 bits per heavy atom. The van der Waals surface area contributed by atoms with E-state index >= 15 is 0 Å². The first-order valence-electron chi connectivity index (χ1n) is 3.47. The van der Waals surface area contributed by atoms with Gasteiger partial charge < -0.3 is 12.4 Å². The van der Waals surface area contributed by atoms with Crippen LogP contribution in [0.4, 0.5) is 0 Å². The summed E-state index contributed by atoms with van der Waals surface area (Å²) < 4.78 is 17.3. The van der Waals surface area contributed by atoms with Crippen LogP contribution in [0.1, 0.15) is 0 Å². The molecule has 7 heteroatoms. The predicted molar refractivity (Wildman–Crippen MR) is 48.7 cm³/mol. The third-order valence-corrected chi connectivity index (χ3v) is 4.69. The molecule has 0 N–H and O–H groups in total. The van der Waals surface area contributed by atoms with E-state index in [1.54, 1.807) is 14.0 Å². The van der Waals surface area contributed by atoms with Crippen molar-refractivity contribution in [2.24, 2.45) is 0 Å². The van der Waals surface area contributed by atoms with Crippen molar-refractivity contribution in [2.45, 2.75) is 0 Å². The molecule has 0 aromatic rings. The molecule has 0 unspecified atom stereocenters. The first-order chi connectivity index (χ1) is 4.83. The van der Waals surface area contributed by atoms with Gasteiger partial charge in [-0.2, -0.15) is 0 Å². The van der Waals surface area contributed by atoms with Crippen molar-refractivity contribution in [3.63, 3.8) is 0 Å². The number of rotatable bonds is 3. The zero-order valence-electron chi connectivity index (χ0n) is 9.58. The molecule has 0 aliphatic carbocycles. The van der Waals surface area contributed by atoms with Crippen LogP contribution in [0, 0.1) is 0 Å². The van der Waals surface area contributed by atoms with Gasteiger partial charge in [-0.1, -0.05) is 0 Å². The fourth-order valence-electron chi connectivity index (χ4n) is 1.07. The summed E-state index contributed by atoms with van der Waals surface area (Å²) in [5, 5.41) is 0. The summed E-state index contributed by atoms with van der Waals surface area (Å²) in [5.74, 6) is 0. The van der Waals surface area contributed by atoms with Crippen molar-refractivity contribution < 1.29 is 35.8 Å². The number of nitrogens with zero attached hydrogens (tertiary/aromatic N) is 3. The maximum atomic E-state index is 12.1. The summed E-state index contributed by atoms with van der Waals surface area (Å²) in [5.41, 5.74) is 0. The van der Waals surface area contributed by atoms with Gasteiger partial charge >= 0.3 is 18.9 Å². The maximum Gasteiger partial charge on any atom is 1.00 e. The van der Waals surface area contributed by atoms with E-state index in [4.69, 9.17) is 0 Å². The number of hydrogen-bond donors (Lipinski definition) is 0. The van der Waals surface area contributed by atoms with E-state index in [1.807, 2.05) is 42.3 Å². The first kappa shape index (κ1) is 19.6. The summed E-state index contributed by atoms with van der Waals surface area (Å²) in [6.07, 6.45) is 0. The van der Waals surface area contributed by atoms with Gasteiger partial charge in [-0.3, -0.25) is 4.57 Å². The molecule has 0 aromatic carbocycles. The normalized spacial score (nSPS) is 11.5. The minimum atomic E-state index is -2.44. The Balaban J connectivity index is -0.000000500. The van der Waals surface area contributed by atoms with Crippen molar-refractivity contribution in [3.05, 3.63) is 0 Å². The third kappa shape index (κ3) is 4.36. The minimum absolute atomic E-state index is 0. The molecular formula is C6H18ClLiN3OP. The molecule has 0 saturated heterocycles. The smallest absolute Gasteiger partial charge is 1.00 e. The number of halogens is 1. The molecule has 0 aromatic heterocycles. The van der Waals surface area contributed by atoms with Crippen molar-refractivity contribution in [1.29, 1.82) is 0 Å². The quantitative estimate of drug-likeness (QED) is 0.352. The molecule has 0 aliphatic rings. The van der Waals surface area contributed by atoms with E-state index in [0.717, 1.165) is 0 Å². The average molecular weight is 222 g/mol. The second-order valence-corrected chi connectivity index (χ2v) is 6.48. The van der Waals surface area contributed by atoms with Crippen LogP contribution in [-0.4, -0.2) is 56.3 Å². The minimum Gasteiger partial charge on any atom is -1.00 e. The Hall–Kier alpha value is 0.997. The Morgan fingerprint density at radius 1 is 0.769 bits per heavy atom. The van der Waals surface area contributed by atoms with Gasteiger partial charge in [-0.25, -0.2) is 14.0 Å². The van der Waals surface area contributed by atoms with Gasteiger partial charge in [-0.05, 0) is 42.3 Å². The van der Waals surface area contributed by atoms with Crippen LogP contribution in [0.15, 0.2) is 0 Å². The summed E-state index contributed by atoms with van der Waals surface area (Å²) in [6, 6.07) is 0. The van der Waals surface area contributed by atoms with E-state index in [1.165, 1.54) is 0 Å². The Morgan fingerprint density at radius 2 is 0.923 bits per heavy atom. The van der Waals surface area contributed by atoms with Gasteiger partial charge in [0.2, 0.25) is 0 Å². The third-order valence-electron chi connectivity index (χ3n) is 1.56. The molecule has 0 radical (unpaired) electrons. The molecule has 0 amide bonds. The second kappa shape index (κ2) is 7.31. The number of hydrogen-bond acceptors (Lipinski definition) is 1. The van der Waals surface area contributed by atoms with E-state index in [2.05, 4.69) is 0 Å². The molecule has 0 spiro atoms. The molecule has 0 atom stereocenters. The molecule has 76 valence electrons. The molecular weight excluding hydrogens is 203 g/mol. The van der Waals surface area contributed by atoms with E-state index < -0.39 is 7.59 Å². The van der Waals surface area contributed by atoms with Gasteiger partial charge in [0.25, 0.3) is 7.59 Å². The van der Waals surface area contributed by atoms with Crippen molar-refractivity contribution in [3.8, 4) is 0 Å². The van der Waals surface area contributed by atoms with Gasteiger partial charge in [0, 0.05) is 0 Å². The van der Waals surface area contributed by atoms with Crippen LogP contribution in [0.2, 0.25) is 0 Å². The topological polar surface area (TPSA) is 26.8 Å². The molecule has 0 fully saturated rings. The van der Waals surface area contributed by atoms with E-state index in [-0.39, 0.29) is 31.3 Å². The largest absolute Gasteiger partial charge is 1.00 e. The monoisotopic (exact) mass is 221 g/mol. The zero-order chi connectivity index (χ0) is 9.23. The Labute approximate surface area is 99.8 Å². The molecule has 0 saturated carbocycles. The fourth-order valence-corrected chi connectivity index (χ4v) is 3.22. The second-order valence-electron chi connectivity index (χ2n) is 3.05. The molecule has 4 nitrogen and oxygen atoms in total. The van der Waals surface area contributed by atoms with Crippen LogP contribution in [0.3, 0.4) is 0 Å². The van der Waals surface area contributed by atoms with Crippen LogP contribution >= 0.6 is 7.59 Å². The Bertz CT molecular complexity index is 149. The van der Waals surface area contributed by atoms with Crippen LogP contribution in [0.5, 0.6) is 0 Å². The van der Waals surface area contributed by atoms with Crippen LogP contribution in [0.25, 0.3) is 0 Å². The summed E-state index contributed by atoms with van der Waals surface area (Å²) in [7, 11) is 8.49. The van der Waals surface area contributed by atoms with E-state index in [9.17, 15) is 4.57 Å². The predicted octanol–water partition coefficient (Wildman–Crippen LogP) is -5.21. The zero-order valence-corrected chi connectivity index (χ0v) is 11.2. The van der Waals surface area contributed by atoms with Crippen LogP contribution in [-0.2, 0) is 4.57 Å². The summed E-state index contributed by atoms with van der Waals surface area (Å²) in [6.45, 7) is 0. The van der Waals surface area contributed by atoms with Gasteiger partial charge in [0.05, 0.1) is 0 Å². The standard InChI is InChI=1S/C6H18N3OP.ClH.Li/c1-7(2)11(10,8(3)4)9(5)6;;/h1-6H3;1H;/q;;+1/p-1. The van der Waals surface area contributed by atoms with Gasteiger partial charge in [0.1, 0.15) is 0 Å². The molecule has 0 bridgehead atoms. The molecule has 0 aliphatic heterocycles. The summed E-state index contributed by atoms with van der Waals surface area (Å²) in [4.78, 5) is 0. The molecule has 13 heavy (non-hydrogen) atoms. The fraction of sp³-hybridized carbons (Fsp3) is 1.00. The van der Waals surface area contributed by atoms with Crippen LogP contribution < -0.4 is 31.3 Å². The Kier molecular flexibility index (Phi) is 11.0. The summed E-state index contributed by atoms with van der Waals surface area (Å²) >= 11 is 0. The first-order valence-corrected chi connectivity index (χ1v) is 5.03. The SMILES string of the molecule is CN(C)P(=O)(N(C)C)N(C)C.[Cl-].[Li+]. The van der Waals surface area contributed by atoms with Crippen molar-refractivity contribution in [2.75, 3.05) is 42.3 Å². The van der Waals surface area contributed by atoms with E-state index in [0.29, 0.717) is 0 Å². The maximum absolute atomic E-state index is 12.1. The van der Waals surface area contributed by atoms with Gasteiger partial charge in [0.15, 0.2) is 0 Å².